The maximum Gasteiger partial charge on any atom is 0.338 e. The summed E-state index contributed by atoms with van der Waals surface area (Å²) in [6.45, 7) is 2.00. The Balaban J connectivity index is 1.56. The van der Waals surface area contributed by atoms with Gasteiger partial charge in [-0.25, -0.2) is 9.78 Å². The minimum Gasteiger partial charge on any atom is -0.462 e. The van der Waals surface area contributed by atoms with Gasteiger partial charge in [0, 0.05) is 23.4 Å². The third-order valence-corrected chi connectivity index (χ3v) is 4.83. The second-order valence-corrected chi connectivity index (χ2v) is 7.01. The Morgan fingerprint density at radius 1 is 1.23 bits per heavy atom. The van der Waals surface area contributed by atoms with Gasteiger partial charge in [-0.3, -0.25) is 14.9 Å². The molecule has 154 valence electrons. The van der Waals surface area contributed by atoms with Crippen molar-refractivity contribution in [2.45, 2.75) is 12.1 Å². The van der Waals surface area contributed by atoms with Gasteiger partial charge >= 0.3 is 5.97 Å². The van der Waals surface area contributed by atoms with Gasteiger partial charge in [-0.1, -0.05) is 17.8 Å². The molecular formula is C20H18N4O5S. The fourth-order valence-corrected chi connectivity index (χ4v) is 3.20. The Morgan fingerprint density at radius 3 is 2.70 bits per heavy atom. The van der Waals surface area contributed by atoms with E-state index in [9.17, 15) is 19.7 Å². The van der Waals surface area contributed by atoms with Crippen LogP contribution in [0.15, 0.2) is 59.9 Å². The summed E-state index contributed by atoms with van der Waals surface area (Å²) in [5.74, 6) is -0.594. The zero-order chi connectivity index (χ0) is 21.5. The summed E-state index contributed by atoms with van der Waals surface area (Å²) in [5.41, 5.74) is 2.31. The molecule has 3 rings (SSSR count). The molecule has 0 spiro atoms. The van der Waals surface area contributed by atoms with Crippen LogP contribution in [0.4, 0.5) is 11.4 Å². The van der Waals surface area contributed by atoms with Crippen LogP contribution in [0, 0.1) is 10.1 Å². The number of esters is 1. The van der Waals surface area contributed by atoms with Crippen molar-refractivity contribution in [3.05, 3.63) is 70.4 Å². The number of rotatable bonds is 8. The molecule has 1 heterocycles. The van der Waals surface area contributed by atoms with Crippen LogP contribution >= 0.6 is 11.8 Å². The summed E-state index contributed by atoms with van der Waals surface area (Å²) >= 11 is 1.21. The number of nitrogens with one attached hydrogen (secondary N) is 2. The van der Waals surface area contributed by atoms with E-state index in [4.69, 9.17) is 4.74 Å². The number of hydrogen-bond acceptors (Lipinski definition) is 7. The van der Waals surface area contributed by atoms with Crippen molar-refractivity contribution < 1.29 is 19.2 Å². The molecule has 0 fully saturated rings. The predicted octanol–water partition coefficient (Wildman–Crippen LogP) is 3.89. The van der Waals surface area contributed by atoms with E-state index >= 15 is 0 Å². The normalized spacial score (nSPS) is 10.4. The van der Waals surface area contributed by atoms with E-state index in [0.717, 1.165) is 5.56 Å². The van der Waals surface area contributed by atoms with Crippen LogP contribution in [0.2, 0.25) is 0 Å². The second kappa shape index (κ2) is 9.70. The van der Waals surface area contributed by atoms with Gasteiger partial charge in [0.1, 0.15) is 0 Å². The number of nitro benzene ring substituents is 1. The van der Waals surface area contributed by atoms with Crippen LogP contribution in [0.25, 0.3) is 11.3 Å². The van der Waals surface area contributed by atoms with Crippen LogP contribution in [0.1, 0.15) is 17.3 Å². The fourth-order valence-electron chi connectivity index (χ4n) is 2.56. The number of carbonyl (C=O) groups is 2. The number of aromatic amines is 1. The lowest BCUT2D eigenvalue weighted by molar-refractivity contribution is -0.384. The first-order valence-corrected chi connectivity index (χ1v) is 9.94. The summed E-state index contributed by atoms with van der Waals surface area (Å²) in [7, 11) is 0. The lowest BCUT2D eigenvalue weighted by Gasteiger charge is -2.07. The van der Waals surface area contributed by atoms with Crippen molar-refractivity contribution >= 4 is 35.0 Å². The smallest absolute Gasteiger partial charge is 0.338 e. The molecule has 9 nitrogen and oxygen atoms in total. The van der Waals surface area contributed by atoms with Gasteiger partial charge < -0.3 is 15.0 Å². The number of imidazole rings is 1. The van der Waals surface area contributed by atoms with Gasteiger partial charge in [-0.2, -0.15) is 0 Å². The highest BCUT2D eigenvalue weighted by Crippen LogP contribution is 2.24. The van der Waals surface area contributed by atoms with Crippen molar-refractivity contribution in [3.63, 3.8) is 0 Å². The van der Waals surface area contributed by atoms with Gasteiger partial charge in [0.05, 0.1) is 34.7 Å². The molecule has 30 heavy (non-hydrogen) atoms. The fraction of sp³-hybridized carbons (Fsp3) is 0.150. The SMILES string of the molecule is CCOC(=O)c1cccc(NC(=O)CSc2ncc(-c3ccc([N+](=O)[O-])cc3)[nH]2)c1. The molecule has 10 heteroatoms. The van der Waals surface area contributed by atoms with Gasteiger partial charge in [0.25, 0.3) is 5.69 Å². The number of aromatic nitrogens is 2. The lowest BCUT2D eigenvalue weighted by atomic mass is 10.1. The third-order valence-electron chi connectivity index (χ3n) is 3.94. The van der Waals surface area contributed by atoms with E-state index in [1.54, 1.807) is 49.5 Å². The number of thioether (sulfide) groups is 1. The Labute approximate surface area is 176 Å². The highest BCUT2D eigenvalue weighted by atomic mass is 32.2. The maximum atomic E-state index is 12.2. The predicted molar refractivity (Wildman–Crippen MR) is 112 cm³/mol. The molecule has 2 N–H and O–H groups in total. The number of nitro groups is 1. The molecule has 0 aliphatic rings. The second-order valence-electron chi connectivity index (χ2n) is 6.04. The summed E-state index contributed by atoms with van der Waals surface area (Å²) < 4.78 is 4.95. The first kappa shape index (κ1) is 21.1. The first-order valence-electron chi connectivity index (χ1n) is 8.96. The van der Waals surface area contributed by atoms with E-state index in [0.29, 0.717) is 22.1 Å². The van der Waals surface area contributed by atoms with Gasteiger partial charge in [0.2, 0.25) is 5.91 Å². The molecule has 3 aromatic rings. The largest absolute Gasteiger partial charge is 0.462 e. The van der Waals surface area contributed by atoms with E-state index in [1.165, 1.54) is 23.9 Å². The van der Waals surface area contributed by atoms with E-state index in [1.807, 2.05) is 0 Å². The number of carbonyl (C=O) groups excluding carboxylic acids is 2. The zero-order valence-corrected chi connectivity index (χ0v) is 16.8. The quantitative estimate of drug-likeness (QED) is 0.242. The first-order chi connectivity index (χ1) is 14.5. The molecule has 0 aliphatic carbocycles. The molecule has 0 radical (unpaired) electrons. The van der Waals surface area contributed by atoms with E-state index < -0.39 is 10.9 Å². The van der Waals surface area contributed by atoms with E-state index in [-0.39, 0.29) is 24.0 Å². The topological polar surface area (TPSA) is 127 Å². The van der Waals surface area contributed by atoms with Gasteiger partial charge in [-0.05, 0) is 37.3 Å². The van der Waals surface area contributed by atoms with E-state index in [2.05, 4.69) is 15.3 Å². The average molecular weight is 426 g/mol. The third kappa shape index (κ3) is 5.45. The van der Waals surface area contributed by atoms with Crippen molar-refractivity contribution in [1.29, 1.82) is 0 Å². The van der Waals surface area contributed by atoms with Crippen LogP contribution in [0.3, 0.4) is 0 Å². The standard InChI is InChI=1S/C20H18N4O5S/c1-2-29-19(26)14-4-3-5-15(10-14)22-18(25)12-30-20-21-11-17(23-20)13-6-8-16(9-7-13)24(27)28/h3-11H,2,12H2,1H3,(H,21,23)(H,22,25). The molecule has 0 aliphatic heterocycles. The van der Waals surface area contributed by atoms with Crippen molar-refractivity contribution in [2.75, 3.05) is 17.7 Å². The molecule has 1 amide bonds. The van der Waals surface area contributed by atoms with Gasteiger partial charge in [0.15, 0.2) is 5.16 Å². The monoisotopic (exact) mass is 426 g/mol. The zero-order valence-electron chi connectivity index (χ0n) is 16.0. The minimum absolute atomic E-state index is 0.0107. The number of benzene rings is 2. The number of non-ortho nitro benzene ring substituents is 1. The van der Waals surface area contributed by atoms with Crippen molar-refractivity contribution in [1.82, 2.24) is 9.97 Å². The number of nitrogens with zero attached hydrogens (tertiary/aromatic N) is 2. The Hall–Kier alpha value is -3.66. The van der Waals surface area contributed by atoms with Crippen LogP contribution in [-0.4, -0.2) is 39.1 Å². The summed E-state index contributed by atoms with van der Waals surface area (Å²) in [6, 6.07) is 12.6. The number of amides is 1. The van der Waals surface area contributed by atoms with Crippen molar-refractivity contribution in [3.8, 4) is 11.3 Å². The molecule has 0 saturated heterocycles. The highest BCUT2D eigenvalue weighted by molar-refractivity contribution is 7.99. The Kier molecular flexibility index (Phi) is 6.81. The number of ether oxygens (including phenoxy) is 1. The molecule has 0 atom stereocenters. The maximum absolute atomic E-state index is 12.2. The summed E-state index contributed by atoms with van der Waals surface area (Å²) in [6.07, 6.45) is 1.60. The molecule has 0 bridgehead atoms. The molecule has 1 aromatic heterocycles. The number of hydrogen-bond donors (Lipinski definition) is 2. The molecule has 0 unspecified atom stereocenters. The van der Waals surface area contributed by atoms with Crippen LogP contribution in [0.5, 0.6) is 0 Å². The lowest BCUT2D eigenvalue weighted by Crippen LogP contribution is -2.14. The average Bonchev–Trinajstić information content (AvgIpc) is 3.22. The molecular weight excluding hydrogens is 408 g/mol. The molecule has 2 aromatic carbocycles. The Morgan fingerprint density at radius 2 is 2.00 bits per heavy atom. The Bertz CT molecular complexity index is 1070. The van der Waals surface area contributed by atoms with Crippen LogP contribution in [-0.2, 0) is 9.53 Å². The minimum atomic E-state index is -0.459. The molecule has 0 saturated carbocycles. The van der Waals surface area contributed by atoms with Gasteiger partial charge in [-0.15, -0.1) is 0 Å². The highest BCUT2D eigenvalue weighted by Gasteiger charge is 2.11. The number of H-pyrrole nitrogens is 1. The summed E-state index contributed by atoms with van der Waals surface area (Å²) in [5, 5.41) is 14.0. The summed E-state index contributed by atoms with van der Waals surface area (Å²) in [4.78, 5) is 41.6. The van der Waals surface area contributed by atoms with Crippen LogP contribution < -0.4 is 5.32 Å². The number of anilines is 1. The van der Waals surface area contributed by atoms with Crippen molar-refractivity contribution in [2.24, 2.45) is 0 Å².